The van der Waals surface area contributed by atoms with Gasteiger partial charge in [0.25, 0.3) is 0 Å². The Hall–Kier alpha value is 0.730. The molecule has 1 heteroatoms. The minimum atomic E-state index is 0.973. The first-order chi connectivity index (χ1) is 3.80. The van der Waals surface area contributed by atoms with Gasteiger partial charge in [0.1, 0.15) is 0 Å². The van der Waals surface area contributed by atoms with Crippen LogP contribution in [0.15, 0.2) is 0 Å². The predicted molar refractivity (Wildman–Crippen MR) is 45.4 cm³/mol. The standard InChI is InChI=1S/C7H13I/c1-6-4-2-3-5-7(6)8/h6-7H,2-5H2,1H3/t6-,7+/m0/s1. The molecule has 48 valence electrons. The van der Waals surface area contributed by atoms with Crippen LogP contribution in [-0.4, -0.2) is 3.92 Å². The number of hydrogen-bond donors (Lipinski definition) is 0. The molecule has 0 amide bonds. The molecule has 0 aromatic carbocycles. The molecule has 0 aromatic rings. The average molecular weight is 224 g/mol. The smallest absolute Gasteiger partial charge is 0.0135 e. The summed E-state index contributed by atoms with van der Waals surface area (Å²) in [4.78, 5) is 0. The normalized spacial score (nSPS) is 39.8. The van der Waals surface area contributed by atoms with Gasteiger partial charge in [-0.15, -0.1) is 0 Å². The van der Waals surface area contributed by atoms with Gasteiger partial charge in [0.2, 0.25) is 0 Å². The molecule has 0 aliphatic heterocycles. The molecule has 1 fully saturated rings. The fourth-order valence-corrected chi connectivity index (χ4v) is 2.07. The Bertz CT molecular complexity index is 60.8. The third-order valence-electron chi connectivity index (χ3n) is 2.01. The van der Waals surface area contributed by atoms with Crippen molar-refractivity contribution >= 4 is 22.6 Å². The molecule has 2 atom stereocenters. The van der Waals surface area contributed by atoms with Crippen LogP contribution < -0.4 is 0 Å². The summed E-state index contributed by atoms with van der Waals surface area (Å²) in [6.07, 6.45) is 5.87. The zero-order valence-electron chi connectivity index (χ0n) is 5.36. The molecule has 1 saturated carbocycles. The van der Waals surface area contributed by atoms with E-state index in [0.717, 1.165) is 9.84 Å². The lowest BCUT2D eigenvalue weighted by molar-refractivity contribution is 0.409. The number of rotatable bonds is 0. The van der Waals surface area contributed by atoms with Crippen molar-refractivity contribution in [3.05, 3.63) is 0 Å². The van der Waals surface area contributed by atoms with Crippen molar-refractivity contribution in [3.8, 4) is 0 Å². The van der Waals surface area contributed by atoms with Crippen LogP contribution in [-0.2, 0) is 0 Å². The van der Waals surface area contributed by atoms with Gasteiger partial charge in [0.05, 0.1) is 0 Å². The molecule has 0 bridgehead atoms. The number of alkyl halides is 1. The third-order valence-corrected chi connectivity index (χ3v) is 3.86. The van der Waals surface area contributed by atoms with Crippen molar-refractivity contribution in [3.63, 3.8) is 0 Å². The molecule has 0 spiro atoms. The molecule has 1 aliphatic carbocycles. The Morgan fingerprint density at radius 2 is 1.88 bits per heavy atom. The van der Waals surface area contributed by atoms with Gasteiger partial charge in [0, 0.05) is 3.92 Å². The van der Waals surface area contributed by atoms with E-state index in [1.54, 1.807) is 0 Å². The second-order valence-corrected chi connectivity index (χ2v) is 4.38. The van der Waals surface area contributed by atoms with E-state index in [1.165, 1.54) is 25.7 Å². The van der Waals surface area contributed by atoms with Gasteiger partial charge < -0.3 is 0 Å². The summed E-state index contributed by atoms with van der Waals surface area (Å²) in [7, 11) is 0. The molecule has 1 rings (SSSR count). The van der Waals surface area contributed by atoms with Crippen molar-refractivity contribution in [2.24, 2.45) is 5.92 Å². The lowest BCUT2D eigenvalue weighted by Crippen LogP contribution is -2.15. The highest BCUT2D eigenvalue weighted by atomic mass is 127. The van der Waals surface area contributed by atoms with Gasteiger partial charge in [-0.25, -0.2) is 0 Å². The summed E-state index contributed by atoms with van der Waals surface area (Å²) in [6.45, 7) is 2.37. The first kappa shape index (κ1) is 6.84. The monoisotopic (exact) mass is 224 g/mol. The molecule has 0 N–H and O–H groups in total. The van der Waals surface area contributed by atoms with Crippen LogP contribution >= 0.6 is 22.6 Å². The van der Waals surface area contributed by atoms with Gasteiger partial charge in [-0.1, -0.05) is 42.4 Å². The summed E-state index contributed by atoms with van der Waals surface area (Å²) in [6, 6.07) is 0. The molecule has 0 radical (unpaired) electrons. The second-order valence-electron chi connectivity index (χ2n) is 2.78. The lowest BCUT2D eigenvalue weighted by atomic mass is 9.91. The quantitative estimate of drug-likeness (QED) is 0.438. The molecule has 0 nitrogen and oxygen atoms in total. The van der Waals surface area contributed by atoms with Crippen LogP contribution in [0.1, 0.15) is 32.6 Å². The molecular formula is C7H13I. The van der Waals surface area contributed by atoms with Gasteiger partial charge in [-0.2, -0.15) is 0 Å². The second kappa shape index (κ2) is 3.04. The van der Waals surface area contributed by atoms with Crippen LogP contribution in [0.25, 0.3) is 0 Å². The van der Waals surface area contributed by atoms with E-state index in [-0.39, 0.29) is 0 Å². The van der Waals surface area contributed by atoms with E-state index in [4.69, 9.17) is 0 Å². The van der Waals surface area contributed by atoms with Crippen LogP contribution in [0.3, 0.4) is 0 Å². The minimum absolute atomic E-state index is 0.973. The van der Waals surface area contributed by atoms with Crippen molar-refractivity contribution in [1.82, 2.24) is 0 Å². The zero-order valence-corrected chi connectivity index (χ0v) is 7.52. The molecule has 0 saturated heterocycles. The maximum absolute atomic E-state index is 2.58. The highest BCUT2D eigenvalue weighted by molar-refractivity contribution is 14.1. The molecule has 0 unspecified atom stereocenters. The lowest BCUT2D eigenvalue weighted by Gasteiger charge is -2.23. The van der Waals surface area contributed by atoms with Crippen LogP contribution in [0.2, 0.25) is 0 Å². The first-order valence-electron chi connectivity index (χ1n) is 3.45. The fraction of sp³-hybridized carbons (Fsp3) is 1.00. The maximum atomic E-state index is 2.58. The SMILES string of the molecule is C[C@H]1CCCC[C@H]1I. The first-order valence-corrected chi connectivity index (χ1v) is 4.69. The topological polar surface area (TPSA) is 0 Å². The molecule has 0 heterocycles. The van der Waals surface area contributed by atoms with E-state index in [2.05, 4.69) is 29.5 Å². The maximum Gasteiger partial charge on any atom is 0.0135 e. The Morgan fingerprint density at radius 3 is 2.25 bits per heavy atom. The molecule has 1 aliphatic rings. The predicted octanol–water partition coefficient (Wildman–Crippen LogP) is 3.00. The minimum Gasteiger partial charge on any atom is -0.0823 e. The summed E-state index contributed by atoms with van der Waals surface area (Å²) in [5, 5.41) is 0. The molecule has 8 heavy (non-hydrogen) atoms. The highest BCUT2D eigenvalue weighted by Gasteiger charge is 2.17. The van der Waals surface area contributed by atoms with Crippen molar-refractivity contribution in [1.29, 1.82) is 0 Å². The van der Waals surface area contributed by atoms with Crippen LogP contribution in [0, 0.1) is 5.92 Å². The van der Waals surface area contributed by atoms with Crippen molar-refractivity contribution in [2.75, 3.05) is 0 Å². The zero-order chi connectivity index (χ0) is 5.98. The Balaban J connectivity index is 2.28. The van der Waals surface area contributed by atoms with Crippen molar-refractivity contribution in [2.45, 2.75) is 36.5 Å². The molecule has 0 aromatic heterocycles. The van der Waals surface area contributed by atoms with Gasteiger partial charge in [-0.05, 0) is 18.8 Å². The summed E-state index contributed by atoms with van der Waals surface area (Å²) in [5.41, 5.74) is 0. The summed E-state index contributed by atoms with van der Waals surface area (Å²) in [5.74, 6) is 0.990. The third kappa shape index (κ3) is 1.61. The van der Waals surface area contributed by atoms with Gasteiger partial charge in [0.15, 0.2) is 0 Å². The van der Waals surface area contributed by atoms with Crippen LogP contribution in [0.5, 0.6) is 0 Å². The summed E-state index contributed by atoms with van der Waals surface area (Å²) < 4.78 is 0.973. The van der Waals surface area contributed by atoms with Gasteiger partial charge >= 0.3 is 0 Å². The van der Waals surface area contributed by atoms with Gasteiger partial charge in [-0.3, -0.25) is 0 Å². The number of halogens is 1. The van der Waals surface area contributed by atoms with E-state index >= 15 is 0 Å². The van der Waals surface area contributed by atoms with E-state index in [1.807, 2.05) is 0 Å². The Labute approximate surface area is 65.2 Å². The summed E-state index contributed by atoms with van der Waals surface area (Å²) >= 11 is 2.58. The van der Waals surface area contributed by atoms with E-state index in [9.17, 15) is 0 Å². The van der Waals surface area contributed by atoms with E-state index < -0.39 is 0 Å². The number of hydrogen-bond acceptors (Lipinski definition) is 0. The Morgan fingerprint density at radius 1 is 1.25 bits per heavy atom. The van der Waals surface area contributed by atoms with Crippen molar-refractivity contribution < 1.29 is 0 Å². The average Bonchev–Trinajstić information content (AvgIpc) is 1.77. The largest absolute Gasteiger partial charge is 0.0823 e. The van der Waals surface area contributed by atoms with E-state index in [0.29, 0.717) is 0 Å². The van der Waals surface area contributed by atoms with Crippen LogP contribution in [0.4, 0.5) is 0 Å². The fourth-order valence-electron chi connectivity index (χ4n) is 1.27. The highest BCUT2D eigenvalue weighted by Crippen LogP contribution is 2.29. The Kier molecular flexibility index (Phi) is 2.60. The molecular weight excluding hydrogens is 211 g/mol.